The SMILES string of the molecule is C[C@@H]1Cc2ccccc2[C@@](c2cccc(O)c2)(c2ccc(Br)cn2)N1CC(F)(F)F. The smallest absolute Gasteiger partial charge is 0.401 e. The average Bonchev–Trinajstić information content (AvgIpc) is 2.69. The van der Waals surface area contributed by atoms with E-state index in [1.54, 1.807) is 37.4 Å². The molecule has 2 heterocycles. The van der Waals surface area contributed by atoms with E-state index in [4.69, 9.17) is 0 Å². The van der Waals surface area contributed by atoms with Crippen molar-refractivity contribution < 1.29 is 18.3 Å². The molecule has 0 bridgehead atoms. The monoisotopic (exact) mass is 476 g/mol. The highest BCUT2D eigenvalue weighted by molar-refractivity contribution is 9.10. The van der Waals surface area contributed by atoms with Crippen molar-refractivity contribution in [3.8, 4) is 5.75 Å². The Bertz CT molecular complexity index is 1050. The Balaban J connectivity index is 2.11. The standard InChI is InChI=1S/C23H20BrF3N2O/c1-15-11-16-5-2-3-8-20(16)23(29(15)14-22(25,26)27,17-6-4-7-19(30)12-17)21-10-9-18(24)13-28-21/h2-10,12-13,15,30H,11,14H2,1H3/t15-,23+/m1/s1. The van der Waals surface area contributed by atoms with Crippen molar-refractivity contribution in [3.05, 3.63) is 93.7 Å². The van der Waals surface area contributed by atoms with Crippen LogP contribution in [0, 0.1) is 0 Å². The van der Waals surface area contributed by atoms with E-state index in [1.165, 1.54) is 17.0 Å². The van der Waals surface area contributed by atoms with E-state index in [0.717, 1.165) is 15.6 Å². The van der Waals surface area contributed by atoms with Gasteiger partial charge in [0, 0.05) is 16.7 Å². The van der Waals surface area contributed by atoms with Gasteiger partial charge in [-0.3, -0.25) is 9.88 Å². The number of hydrogen-bond donors (Lipinski definition) is 1. The van der Waals surface area contributed by atoms with Crippen molar-refractivity contribution in [2.45, 2.75) is 31.1 Å². The number of benzene rings is 2. The third kappa shape index (κ3) is 3.61. The van der Waals surface area contributed by atoms with Crippen LogP contribution in [0.25, 0.3) is 0 Å². The van der Waals surface area contributed by atoms with E-state index in [1.807, 2.05) is 24.3 Å². The molecular formula is C23H20BrF3N2O. The van der Waals surface area contributed by atoms with Crippen LogP contribution >= 0.6 is 15.9 Å². The quantitative estimate of drug-likeness (QED) is 0.530. The molecule has 4 rings (SSSR count). The lowest BCUT2D eigenvalue weighted by atomic mass is 9.71. The van der Waals surface area contributed by atoms with Crippen LogP contribution in [0.3, 0.4) is 0 Å². The van der Waals surface area contributed by atoms with E-state index in [0.29, 0.717) is 17.7 Å². The summed E-state index contributed by atoms with van der Waals surface area (Å²) in [5.74, 6) is -0.00773. The van der Waals surface area contributed by atoms with Crippen LogP contribution in [-0.4, -0.2) is 33.8 Å². The number of rotatable bonds is 3. The molecule has 1 aliphatic rings. The highest BCUT2D eigenvalue weighted by Gasteiger charge is 2.52. The van der Waals surface area contributed by atoms with Crippen LogP contribution in [0.1, 0.15) is 29.3 Å². The van der Waals surface area contributed by atoms with Gasteiger partial charge < -0.3 is 5.11 Å². The number of fused-ring (bicyclic) bond motifs is 1. The minimum absolute atomic E-state index is 0.00773. The summed E-state index contributed by atoms with van der Waals surface area (Å²) in [7, 11) is 0. The Morgan fingerprint density at radius 3 is 2.57 bits per heavy atom. The molecule has 1 aromatic heterocycles. The molecule has 30 heavy (non-hydrogen) atoms. The largest absolute Gasteiger partial charge is 0.508 e. The lowest BCUT2D eigenvalue weighted by Gasteiger charge is -2.51. The fourth-order valence-corrected chi connectivity index (χ4v) is 4.74. The first kappa shape index (κ1) is 20.9. The normalized spacial score (nSPS) is 22.0. The average molecular weight is 477 g/mol. The van der Waals surface area contributed by atoms with Crippen molar-refractivity contribution >= 4 is 15.9 Å². The summed E-state index contributed by atoms with van der Waals surface area (Å²) in [5.41, 5.74) is 1.42. The maximum Gasteiger partial charge on any atom is 0.401 e. The molecule has 0 radical (unpaired) electrons. The predicted molar refractivity (Wildman–Crippen MR) is 112 cm³/mol. The summed E-state index contributed by atoms with van der Waals surface area (Å²) in [5, 5.41) is 10.2. The number of pyridine rings is 1. The second-order valence-corrected chi connectivity index (χ2v) is 8.49. The molecule has 3 aromatic rings. The van der Waals surface area contributed by atoms with Crippen molar-refractivity contribution in [1.82, 2.24) is 9.88 Å². The van der Waals surface area contributed by atoms with Crippen molar-refractivity contribution in [2.75, 3.05) is 6.54 Å². The van der Waals surface area contributed by atoms with Crippen molar-refractivity contribution in [2.24, 2.45) is 0 Å². The molecule has 0 aliphatic carbocycles. The minimum Gasteiger partial charge on any atom is -0.508 e. The van der Waals surface area contributed by atoms with Crippen LogP contribution in [-0.2, 0) is 12.0 Å². The molecule has 0 saturated carbocycles. The Morgan fingerprint density at radius 1 is 1.13 bits per heavy atom. The molecule has 0 unspecified atom stereocenters. The molecule has 1 aliphatic heterocycles. The lowest BCUT2D eigenvalue weighted by molar-refractivity contribution is -0.162. The molecule has 7 heteroatoms. The molecule has 1 N–H and O–H groups in total. The van der Waals surface area contributed by atoms with Gasteiger partial charge in [0.25, 0.3) is 0 Å². The van der Waals surface area contributed by atoms with E-state index < -0.39 is 24.3 Å². The van der Waals surface area contributed by atoms with Crippen LogP contribution < -0.4 is 0 Å². The zero-order valence-corrected chi connectivity index (χ0v) is 17.8. The number of phenolic OH excluding ortho intramolecular Hbond substituents is 1. The van der Waals surface area contributed by atoms with Gasteiger partial charge in [-0.1, -0.05) is 36.4 Å². The highest BCUT2D eigenvalue weighted by atomic mass is 79.9. The van der Waals surface area contributed by atoms with Gasteiger partial charge in [-0.25, -0.2) is 0 Å². The molecule has 3 nitrogen and oxygen atoms in total. The molecule has 156 valence electrons. The summed E-state index contributed by atoms with van der Waals surface area (Å²) < 4.78 is 42.1. The molecule has 0 spiro atoms. The zero-order chi connectivity index (χ0) is 21.5. The van der Waals surface area contributed by atoms with Crippen LogP contribution in [0.5, 0.6) is 5.75 Å². The Kier molecular flexibility index (Phi) is 5.36. The third-order valence-electron chi connectivity index (χ3n) is 5.60. The topological polar surface area (TPSA) is 36.4 Å². The number of aromatic hydroxyl groups is 1. The number of phenols is 1. The number of aromatic nitrogens is 1. The number of alkyl halides is 3. The maximum atomic E-state index is 13.8. The Labute approximate surface area is 181 Å². The summed E-state index contributed by atoms with van der Waals surface area (Å²) >= 11 is 3.37. The Hall–Kier alpha value is -2.38. The molecule has 0 fully saturated rings. The van der Waals surface area contributed by atoms with E-state index >= 15 is 0 Å². The van der Waals surface area contributed by atoms with E-state index in [-0.39, 0.29) is 5.75 Å². The fourth-order valence-electron chi connectivity index (χ4n) is 4.51. The molecule has 0 amide bonds. The van der Waals surface area contributed by atoms with Gasteiger partial charge in [0.2, 0.25) is 0 Å². The highest BCUT2D eigenvalue weighted by Crippen LogP contribution is 2.49. The van der Waals surface area contributed by atoms with Crippen LogP contribution in [0.4, 0.5) is 13.2 Å². The third-order valence-corrected chi connectivity index (χ3v) is 6.07. The molecule has 0 saturated heterocycles. The summed E-state index contributed by atoms with van der Waals surface area (Å²) in [6, 6.07) is 17.1. The number of nitrogens with zero attached hydrogens (tertiary/aromatic N) is 2. The number of halogens is 4. The first-order valence-corrected chi connectivity index (χ1v) is 10.3. The van der Waals surface area contributed by atoms with Crippen molar-refractivity contribution in [1.29, 1.82) is 0 Å². The molecule has 2 atom stereocenters. The van der Waals surface area contributed by atoms with E-state index in [9.17, 15) is 18.3 Å². The first-order valence-electron chi connectivity index (χ1n) is 9.55. The minimum atomic E-state index is -4.40. The number of hydrogen-bond acceptors (Lipinski definition) is 3. The van der Waals surface area contributed by atoms with E-state index in [2.05, 4.69) is 20.9 Å². The first-order chi connectivity index (χ1) is 14.2. The second kappa shape index (κ2) is 7.71. The Morgan fingerprint density at radius 2 is 1.90 bits per heavy atom. The summed E-state index contributed by atoms with van der Waals surface area (Å²) in [6.45, 7) is 0.702. The maximum absolute atomic E-state index is 13.8. The zero-order valence-electron chi connectivity index (χ0n) is 16.2. The van der Waals surface area contributed by atoms with Gasteiger partial charge in [-0.2, -0.15) is 13.2 Å². The second-order valence-electron chi connectivity index (χ2n) is 7.58. The van der Waals surface area contributed by atoms with Gasteiger partial charge >= 0.3 is 6.18 Å². The van der Waals surface area contributed by atoms with Gasteiger partial charge in [0.15, 0.2) is 0 Å². The van der Waals surface area contributed by atoms with Crippen LogP contribution in [0.2, 0.25) is 0 Å². The predicted octanol–water partition coefficient (Wildman–Crippen LogP) is 5.65. The van der Waals surface area contributed by atoms with Crippen LogP contribution in [0.15, 0.2) is 71.3 Å². The fraction of sp³-hybridized carbons (Fsp3) is 0.261. The van der Waals surface area contributed by atoms with Gasteiger partial charge in [0.05, 0.1) is 12.2 Å². The summed E-state index contributed by atoms with van der Waals surface area (Å²) in [4.78, 5) is 6.01. The molecule has 2 aromatic carbocycles. The van der Waals surface area contributed by atoms with Gasteiger partial charge in [-0.05, 0) is 70.2 Å². The lowest BCUT2D eigenvalue weighted by Crippen LogP contribution is -2.59. The summed E-state index contributed by atoms with van der Waals surface area (Å²) in [6.07, 6.45) is -2.32. The van der Waals surface area contributed by atoms with Crippen molar-refractivity contribution in [3.63, 3.8) is 0 Å². The van der Waals surface area contributed by atoms with Gasteiger partial charge in [0.1, 0.15) is 11.3 Å². The van der Waals surface area contributed by atoms with Gasteiger partial charge in [-0.15, -0.1) is 0 Å². The molecular weight excluding hydrogens is 457 g/mol.